The number of fused-ring (bicyclic) bond motifs is 2. The Morgan fingerprint density at radius 2 is 2.30 bits per heavy atom. The van der Waals surface area contributed by atoms with E-state index in [-0.39, 0.29) is 17.6 Å². The molecule has 110 valence electrons. The monoisotopic (exact) mass is 281 g/mol. The van der Waals surface area contributed by atoms with Crippen molar-refractivity contribution in [1.29, 1.82) is 0 Å². The van der Waals surface area contributed by atoms with Gasteiger partial charge in [0.05, 0.1) is 25.3 Å². The van der Waals surface area contributed by atoms with E-state index in [1.54, 1.807) is 7.11 Å². The summed E-state index contributed by atoms with van der Waals surface area (Å²) in [6.45, 7) is 4.88. The van der Waals surface area contributed by atoms with Crippen molar-refractivity contribution >= 4 is 0 Å². The molecule has 3 rings (SSSR count). The van der Waals surface area contributed by atoms with Crippen molar-refractivity contribution in [3.63, 3.8) is 0 Å². The van der Waals surface area contributed by atoms with Gasteiger partial charge in [0.15, 0.2) is 6.23 Å². The van der Waals surface area contributed by atoms with E-state index in [9.17, 15) is 9.59 Å². The number of ether oxygens (including phenoxy) is 1. The Kier molecular flexibility index (Phi) is 3.07. The maximum atomic E-state index is 12.0. The third-order valence-corrected chi connectivity index (χ3v) is 4.70. The number of hydrogen-bond donors (Lipinski definition) is 1. The minimum absolute atomic E-state index is 0.0384. The van der Waals surface area contributed by atoms with Crippen LogP contribution in [0.25, 0.3) is 0 Å². The number of hydrogen-bond acceptors (Lipinski definition) is 5. The number of rotatable bonds is 3. The van der Waals surface area contributed by atoms with Gasteiger partial charge in [-0.15, -0.1) is 0 Å². The van der Waals surface area contributed by atoms with Gasteiger partial charge in [-0.05, 0) is 6.42 Å². The van der Waals surface area contributed by atoms with Crippen LogP contribution in [0.3, 0.4) is 0 Å². The predicted octanol–water partition coefficient (Wildman–Crippen LogP) is 0.0959. The number of nitrogens with one attached hydrogen (secondary N) is 1. The van der Waals surface area contributed by atoms with E-state index in [1.807, 2.05) is 5.06 Å². The van der Waals surface area contributed by atoms with Crippen molar-refractivity contribution in [3.8, 4) is 0 Å². The molecule has 0 aromatic carbocycles. The zero-order valence-corrected chi connectivity index (χ0v) is 11.8. The molecule has 0 spiro atoms. The fourth-order valence-corrected chi connectivity index (χ4v) is 3.47. The highest BCUT2D eigenvalue weighted by molar-refractivity contribution is 5.08. The number of morpholine rings is 1. The van der Waals surface area contributed by atoms with Crippen LogP contribution in [0, 0.1) is 5.92 Å². The first kappa shape index (κ1) is 13.5. The van der Waals surface area contributed by atoms with E-state index in [0.29, 0.717) is 6.54 Å². The fourth-order valence-electron chi connectivity index (χ4n) is 3.47. The first-order chi connectivity index (χ1) is 9.52. The third kappa shape index (κ3) is 1.70. The fraction of sp³-hybridized carbons (Fsp3) is 0.692. The lowest BCUT2D eigenvalue weighted by atomic mass is 9.88. The lowest BCUT2D eigenvalue weighted by Gasteiger charge is -2.36. The molecule has 1 N–H and O–H groups in total. The molecule has 1 aromatic rings. The SMILES string of the molecule is CC[C@]12CN(OC)[C@H]([C@H](n3ccc(=O)[nH]c3=O)O1)[C@H]2C. The highest BCUT2D eigenvalue weighted by Crippen LogP contribution is 2.51. The van der Waals surface area contributed by atoms with Crippen LogP contribution >= 0.6 is 0 Å². The summed E-state index contributed by atoms with van der Waals surface area (Å²) >= 11 is 0. The minimum atomic E-state index is -0.454. The van der Waals surface area contributed by atoms with Gasteiger partial charge in [-0.25, -0.2) is 4.79 Å². The van der Waals surface area contributed by atoms with E-state index >= 15 is 0 Å². The topological polar surface area (TPSA) is 76.6 Å². The maximum absolute atomic E-state index is 12.0. The maximum Gasteiger partial charge on any atom is 0.330 e. The molecule has 7 heteroatoms. The van der Waals surface area contributed by atoms with E-state index in [2.05, 4.69) is 18.8 Å². The van der Waals surface area contributed by atoms with E-state index in [1.165, 1.54) is 16.8 Å². The number of aromatic nitrogens is 2. The summed E-state index contributed by atoms with van der Waals surface area (Å²) in [7, 11) is 1.63. The molecule has 0 saturated carbocycles. The van der Waals surface area contributed by atoms with Gasteiger partial charge in [-0.1, -0.05) is 13.8 Å². The number of hydroxylamine groups is 2. The number of H-pyrrole nitrogens is 1. The van der Waals surface area contributed by atoms with Crippen LogP contribution < -0.4 is 11.2 Å². The van der Waals surface area contributed by atoms with Gasteiger partial charge >= 0.3 is 5.69 Å². The molecule has 0 aliphatic carbocycles. The van der Waals surface area contributed by atoms with Gasteiger partial charge in [0.2, 0.25) is 0 Å². The van der Waals surface area contributed by atoms with Gasteiger partial charge in [-0.2, -0.15) is 5.06 Å². The average Bonchev–Trinajstić information content (AvgIpc) is 2.87. The van der Waals surface area contributed by atoms with Crippen molar-refractivity contribution in [3.05, 3.63) is 33.1 Å². The molecule has 4 atom stereocenters. The van der Waals surface area contributed by atoms with Crippen molar-refractivity contribution in [2.75, 3.05) is 13.7 Å². The van der Waals surface area contributed by atoms with E-state index < -0.39 is 17.5 Å². The summed E-state index contributed by atoms with van der Waals surface area (Å²) in [6.07, 6.45) is 1.89. The van der Waals surface area contributed by atoms with E-state index in [4.69, 9.17) is 9.57 Å². The summed E-state index contributed by atoms with van der Waals surface area (Å²) in [4.78, 5) is 30.8. The summed E-state index contributed by atoms with van der Waals surface area (Å²) in [6, 6.07) is 1.29. The quantitative estimate of drug-likeness (QED) is 0.850. The summed E-state index contributed by atoms with van der Waals surface area (Å²) in [5.74, 6) is 0.247. The molecule has 2 aliphatic heterocycles. The Morgan fingerprint density at radius 3 is 2.85 bits per heavy atom. The zero-order valence-electron chi connectivity index (χ0n) is 11.8. The molecular formula is C13H19N3O4. The molecule has 2 bridgehead atoms. The Morgan fingerprint density at radius 1 is 1.55 bits per heavy atom. The van der Waals surface area contributed by atoms with Crippen LogP contribution in [0.5, 0.6) is 0 Å². The Labute approximate surface area is 116 Å². The largest absolute Gasteiger partial charge is 0.348 e. The van der Waals surface area contributed by atoms with Crippen LogP contribution in [0.1, 0.15) is 26.5 Å². The molecule has 0 amide bonds. The molecule has 7 nitrogen and oxygen atoms in total. The summed E-state index contributed by atoms with van der Waals surface area (Å²) in [5, 5.41) is 1.87. The van der Waals surface area contributed by atoms with Gasteiger partial charge in [0.25, 0.3) is 5.56 Å². The first-order valence-electron chi connectivity index (χ1n) is 6.82. The van der Waals surface area contributed by atoms with Crippen LogP contribution in [-0.4, -0.2) is 39.9 Å². The Hall–Kier alpha value is -1.44. The zero-order chi connectivity index (χ0) is 14.5. The number of nitrogens with zero attached hydrogens (tertiary/aromatic N) is 2. The number of aromatic amines is 1. The lowest BCUT2D eigenvalue weighted by molar-refractivity contribution is -0.235. The van der Waals surface area contributed by atoms with Gasteiger partial charge in [-0.3, -0.25) is 14.3 Å². The molecule has 2 aliphatic rings. The standard InChI is InChI=1S/C13H19N3O4/c1-4-13-7-16(19-3)10(8(13)2)11(20-13)15-6-5-9(17)14-12(15)18/h5-6,8,10-11H,4,7H2,1-3H3,(H,14,17,18)/t8-,10+,11-,13-/m1/s1. The second-order valence-electron chi connectivity index (χ2n) is 5.48. The van der Waals surface area contributed by atoms with Crippen LogP contribution in [0.4, 0.5) is 0 Å². The smallest absolute Gasteiger partial charge is 0.330 e. The van der Waals surface area contributed by atoms with Crippen molar-refractivity contribution in [2.24, 2.45) is 5.92 Å². The molecule has 0 radical (unpaired) electrons. The van der Waals surface area contributed by atoms with Gasteiger partial charge in [0.1, 0.15) is 0 Å². The van der Waals surface area contributed by atoms with Crippen LogP contribution in [0.15, 0.2) is 21.9 Å². The predicted molar refractivity (Wildman–Crippen MR) is 71.1 cm³/mol. The molecular weight excluding hydrogens is 262 g/mol. The summed E-state index contributed by atoms with van der Waals surface area (Å²) in [5.41, 5.74) is -1.17. The average molecular weight is 281 g/mol. The molecule has 1 aromatic heterocycles. The molecule has 20 heavy (non-hydrogen) atoms. The van der Waals surface area contributed by atoms with Crippen molar-refractivity contribution in [1.82, 2.24) is 14.6 Å². The third-order valence-electron chi connectivity index (χ3n) is 4.70. The van der Waals surface area contributed by atoms with Crippen LogP contribution in [0.2, 0.25) is 0 Å². The normalized spacial score (nSPS) is 36.6. The van der Waals surface area contributed by atoms with Gasteiger partial charge in [0, 0.05) is 18.2 Å². The Balaban J connectivity index is 2.04. The van der Waals surface area contributed by atoms with Crippen molar-refractivity contribution < 1.29 is 9.57 Å². The molecule has 2 fully saturated rings. The minimum Gasteiger partial charge on any atom is -0.348 e. The van der Waals surface area contributed by atoms with Crippen LogP contribution in [-0.2, 0) is 9.57 Å². The summed E-state index contributed by atoms with van der Waals surface area (Å²) < 4.78 is 7.60. The second kappa shape index (κ2) is 4.54. The first-order valence-corrected chi connectivity index (χ1v) is 6.82. The Bertz CT molecular complexity index is 625. The molecule has 0 unspecified atom stereocenters. The molecule has 3 heterocycles. The lowest BCUT2D eigenvalue weighted by Crippen LogP contribution is -2.47. The second-order valence-corrected chi connectivity index (χ2v) is 5.48. The molecule has 2 saturated heterocycles. The van der Waals surface area contributed by atoms with Gasteiger partial charge < -0.3 is 9.57 Å². The highest BCUT2D eigenvalue weighted by atomic mass is 16.7. The highest BCUT2D eigenvalue weighted by Gasteiger charge is 2.61. The van der Waals surface area contributed by atoms with Crippen molar-refractivity contribution in [2.45, 2.75) is 38.1 Å². The van der Waals surface area contributed by atoms with E-state index in [0.717, 1.165) is 6.42 Å².